The van der Waals surface area contributed by atoms with Crippen LogP contribution in [0.5, 0.6) is 0 Å². The zero-order valence-electron chi connectivity index (χ0n) is 10.8. The lowest BCUT2D eigenvalue weighted by Gasteiger charge is -2.00. The van der Waals surface area contributed by atoms with Gasteiger partial charge in [-0.2, -0.15) is 0 Å². The minimum absolute atomic E-state index is 1.14. The third-order valence-electron chi connectivity index (χ3n) is 2.47. The third-order valence-corrected chi connectivity index (χ3v) is 2.47. The van der Waals surface area contributed by atoms with Crippen molar-refractivity contribution in [3.8, 4) is 0 Å². The molecule has 0 aromatic rings. The summed E-state index contributed by atoms with van der Waals surface area (Å²) >= 11 is 0. The van der Waals surface area contributed by atoms with E-state index in [1.807, 2.05) is 6.08 Å². The molecule has 0 aromatic heterocycles. The molecule has 0 aliphatic rings. The first-order valence-electron chi connectivity index (χ1n) is 5.80. The molecule has 0 spiro atoms. The molecule has 0 amide bonds. The molecule has 0 fully saturated rings. The molecule has 0 heterocycles. The van der Waals surface area contributed by atoms with E-state index in [1.165, 1.54) is 29.6 Å². The van der Waals surface area contributed by atoms with E-state index in [0.29, 0.717) is 0 Å². The van der Waals surface area contributed by atoms with Gasteiger partial charge in [0, 0.05) is 0 Å². The Labute approximate surface area is 95.8 Å². The van der Waals surface area contributed by atoms with E-state index in [4.69, 9.17) is 0 Å². The Bertz CT molecular complexity index is 247. The van der Waals surface area contributed by atoms with Crippen molar-refractivity contribution in [2.45, 2.75) is 53.4 Å². The van der Waals surface area contributed by atoms with Crippen LogP contribution in [0.4, 0.5) is 0 Å². The summed E-state index contributed by atoms with van der Waals surface area (Å²) in [6.07, 6.45) is 11.3. The molecule has 0 aromatic carbocycles. The summed E-state index contributed by atoms with van der Waals surface area (Å²) in [4.78, 5) is 0. The van der Waals surface area contributed by atoms with Crippen LogP contribution < -0.4 is 0 Å². The van der Waals surface area contributed by atoms with E-state index in [1.54, 1.807) is 0 Å². The van der Waals surface area contributed by atoms with Crippen LogP contribution in [0.1, 0.15) is 53.4 Å². The van der Waals surface area contributed by atoms with Crippen molar-refractivity contribution in [2.75, 3.05) is 0 Å². The quantitative estimate of drug-likeness (QED) is 0.520. The van der Waals surface area contributed by atoms with Gasteiger partial charge in [0.2, 0.25) is 0 Å². The van der Waals surface area contributed by atoms with E-state index in [2.05, 4.69) is 46.8 Å². The van der Waals surface area contributed by atoms with Crippen LogP contribution in [-0.4, -0.2) is 0 Å². The van der Waals surface area contributed by atoms with Gasteiger partial charge in [0.15, 0.2) is 0 Å². The monoisotopic (exact) mass is 205 g/mol. The molecule has 0 N–H and O–H groups in total. The fraction of sp³-hybridized carbons (Fsp3) is 0.533. The van der Waals surface area contributed by atoms with Crippen LogP contribution in [0.15, 0.2) is 34.9 Å². The summed E-state index contributed by atoms with van der Waals surface area (Å²) in [7, 11) is 0. The lowest BCUT2D eigenvalue weighted by molar-refractivity contribution is 0.918. The number of rotatable bonds is 6. The van der Waals surface area contributed by atoms with Gasteiger partial charge in [-0.1, -0.05) is 34.9 Å². The highest BCUT2D eigenvalue weighted by Crippen LogP contribution is 2.10. The van der Waals surface area contributed by atoms with Crippen LogP contribution >= 0.6 is 0 Å². The highest BCUT2D eigenvalue weighted by atomic mass is 14.0. The van der Waals surface area contributed by atoms with Gasteiger partial charge in [0.05, 0.1) is 0 Å². The zero-order chi connectivity index (χ0) is 11.7. The molecule has 0 heteroatoms. The molecule has 85 valence electrons. The molecule has 15 heavy (non-hydrogen) atoms. The summed E-state index contributed by atoms with van der Waals surface area (Å²) in [6.45, 7) is 12.4. The molecule has 0 saturated heterocycles. The van der Waals surface area contributed by atoms with Gasteiger partial charge in [0.25, 0.3) is 0 Å². The van der Waals surface area contributed by atoms with Gasteiger partial charge in [-0.3, -0.25) is 0 Å². The van der Waals surface area contributed by atoms with Crippen LogP contribution in [0.2, 0.25) is 0 Å². The van der Waals surface area contributed by atoms with Gasteiger partial charge >= 0.3 is 0 Å². The molecule has 1 radical (unpaired) electrons. The molecule has 0 saturated carbocycles. The standard InChI is InChI=1S/C15H25/c1-6-14(4)10-8-12-15(5)11-7-9-13(2)3/h6,9,12H,1,7-8,10-11H2,2-5H3/b14-6-,15-12-. The lowest BCUT2D eigenvalue weighted by Crippen LogP contribution is -1.80. The SMILES string of the molecule is [CH2]/C=C(/C)CC/C=C(/C)CCC=C(C)C. The number of hydrogen-bond donors (Lipinski definition) is 0. The topological polar surface area (TPSA) is 0 Å². The lowest BCUT2D eigenvalue weighted by atomic mass is 10.1. The Morgan fingerprint density at radius 2 is 1.40 bits per heavy atom. The highest BCUT2D eigenvalue weighted by Gasteiger charge is 1.90. The second kappa shape index (κ2) is 8.52. The predicted molar refractivity (Wildman–Crippen MR) is 70.8 cm³/mol. The van der Waals surface area contributed by atoms with E-state index < -0.39 is 0 Å². The summed E-state index contributed by atoms with van der Waals surface area (Å²) in [5.74, 6) is 0. The Balaban J connectivity index is 3.75. The van der Waals surface area contributed by atoms with Crippen molar-refractivity contribution in [1.82, 2.24) is 0 Å². The van der Waals surface area contributed by atoms with Crippen molar-refractivity contribution in [2.24, 2.45) is 0 Å². The highest BCUT2D eigenvalue weighted by molar-refractivity contribution is 5.05. The number of hydrogen-bond acceptors (Lipinski definition) is 0. The average Bonchev–Trinajstić information content (AvgIpc) is 2.17. The smallest absolute Gasteiger partial charge is 0.0288 e. The maximum Gasteiger partial charge on any atom is -0.0288 e. The maximum absolute atomic E-state index is 3.76. The van der Waals surface area contributed by atoms with Crippen molar-refractivity contribution < 1.29 is 0 Å². The second-order valence-corrected chi connectivity index (χ2v) is 4.46. The van der Waals surface area contributed by atoms with Crippen LogP contribution in [0.3, 0.4) is 0 Å². The van der Waals surface area contributed by atoms with Gasteiger partial charge in [-0.05, 0) is 60.3 Å². The van der Waals surface area contributed by atoms with Gasteiger partial charge in [-0.25, -0.2) is 0 Å². The van der Waals surface area contributed by atoms with Crippen LogP contribution in [0, 0.1) is 6.92 Å². The molecular weight excluding hydrogens is 180 g/mol. The maximum atomic E-state index is 3.76. The Hall–Kier alpha value is -0.780. The zero-order valence-corrected chi connectivity index (χ0v) is 10.8. The molecule has 0 aliphatic heterocycles. The average molecular weight is 205 g/mol. The summed E-state index contributed by atoms with van der Waals surface area (Å²) in [6, 6.07) is 0. The van der Waals surface area contributed by atoms with Crippen LogP contribution in [0.25, 0.3) is 0 Å². The van der Waals surface area contributed by atoms with Gasteiger partial charge in [0.1, 0.15) is 0 Å². The second-order valence-electron chi connectivity index (χ2n) is 4.46. The summed E-state index contributed by atoms with van der Waals surface area (Å²) < 4.78 is 0. The van der Waals surface area contributed by atoms with Gasteiger partial charge in [-0.15, -0.1) is 0 Å². The molecular formula is C15H25. The van der Waals surface area contributed by atoms with Crippen molar-refractivity contribution in [3.63, 3.8) is 0 Å². The summed E-state index contributed by atoms with van der Waals surface area (Å²) in [5.41, 5.74) is 4.30. The minimum atomic E-state index is 1.14. The number of allylic oxidation sites excluding steroid dienone is 6. The molecule has 0 nitrogen and oxygen atoms in total. The third kappa shape index (κ3) is 9.52. The molecule has 0 unspecified atom stereocenters. The first kappa shape index (κ1) is 14.2. The minimum Gasteiger partial charge on any atom is -0.0856 e. The Morgan fingerprint density at radius 1 is 0.867 bits per heavy atom. The van der Waals surface area contributed by atoms with Gasteiger partial charge < -0.3 is 0 Å². The molecule has 0 aliphatic carbocycles. The normalized spacial score (nSPS) is 12.9. The van der Waals surface area contributed by atoms with Crippen molar-refractivity contribution >= 4 is 0 Å². The predicted octanol–water partition coefficient (Wildman–Crippen LogP) is 5.24. The van der Waals surface area contributed by atoms with E-state index in [0.717, 1.165) is 12.8 Å². The van der Waals surface area contributed by atoms with E-state index >= 15 is 0 Å². The summed E-state index contributed by atoms with van der Waals surface area (Å²) in [5, 5.41) is 0. The van der Waals surface area contributed by atoms with Crippen LogP contribution in [-0.2, 0) is 0 Å². The van der Waals surface area contributed by atoms with E-state index in [-0.39, 0.29) is 0 Å². The molecule has 0 atom stereocenters. The fourth-order valence-corrected chi connectivity index (χ4v) is 1.34. The molecule has 0 rings (SSSR count). The Kier molecular flexibility index (Phi) is 8.08. The first-order chi connectivity index (χ1) is 7.06. The molecule has 0 bridgehead atoms. The fourth-order valence-electron chi connectivity index (χ4n) is 1.34. The largest absolute Gasteiger partial charge is 0.0856 e. The Morgan fingerprint density at radius 3 is 1.93 bits per heavy atom. The first-order valence-corrected chi connectivity index (χ1v) is 5.80. The van der Waals surface area contributed by atoms with Crippen molar-refractivity contribution in [3.05, 3.63) is 41.9 Å². The van der Waals surface area contributed by atoms with Crippen molar-refractivity contribution in [1.29, 1.82) is 0 Å². The van der Waals surface area contributed by atoms with E-state index in [9.17, 15) is 0 Å².